The van der Waals surface area contributed by atoms with Crippen LogP contribution in [0.25, 0.3) is 0 Å². The summed E-state index contributed by atoms with van der Waals surface area (Å²) in [6.45, 7) is 0.519. The van der Waals surface area contributed by atoms with E-state index in [0.29, 0.717) is 24.0 Å². The molecule has 3 nitrogen and oxygen atoms in total. The van der Waals surface area contributed by atoms with Gasteiger partial charge in [-0.3, -0.25) is 4.79 Å². The van der Waals surface area contributed by atoms with Gasteiger partial charge in [0.15, 0.2) is 0 Å². The van der Waals surface area contributed by atoms with Gasteiger partial charge in [-0.05, 0) is 52.2 Å². The van der Waals surface area contributed by atoms with E-state index in [4.69, 9.17) is 4.74 Å². The Morgan fingerprint density at radius 3 is 2.76 bits per heavy atom. The largest absolute Gasteiger partial charge is 0.492 e. The SMILES string of the molecule is O=C(CCCOc1ccccc1Br)Nc1cccc(C2SCCS2)c1. The van der Waals surface area contributed by atoms with E-state index in [1.165, 1.54) is 17.1 Å². The van der Waals surface area contributed by atoms with E-state index >= 15 is 0 Å². The van der Waals surface area contributed by atoms with E-state index in [2.05, 4.69) is 33.4 Å². The molecule has 0 bridgehead atoms. The average Bonchev–Trinajstić information content (AvgIpc) is 3.15. The number of benzene rings is 2. The van der Waals surface area contributed by atoms with Crippen LogP contribution in [0.3, 0.4) is 0 Å². The van der Waals surface area contributed by atoms with Crippen LogP contribution < -0.4 is 10.1 Å². The van der Waals surface area contributed by atoms with Gasteiger partial charge in [-0.1, -0.05) is 24.3 Å². The summed E-state index contributed by atoms with van der Waals surface area (Å²) < 4.78 is 7.12. The molecular weight excluding hydrogens is 418 g/mol. The molecule has 0 saturated carbocycles. The van der Waals surface area contributed by atoms with Crippen molar-refractivity contribution in [3.05, 3.63) is 58.6 Å². The Kier molecular flexibility index (Phi) is 7.13. The first kappa shape index (κ1) is 18.7. The van der Waals surface area contributed by atoms with Crippen LogP contribution in [0.5, 0.6) is 5.75 Å². The van der Waals surface area contributed by atoms with Gasteiger partial charge in [0.1, 0.15) is 5.75 Å². The molecule has 6 heteroatoms. The Morgan fingerprint density at radius 1 is 1.16 bits per heavy atom. The van der Waals surface area contributed by atoms with E-state index in [9.17, 15) is 4.79 Å². The van der Waals surface area contributed by atoms with Crippen LogP contribution in [0.15, 0.2) is 53.0 Å². The van der Waals surface area contributed by atoms with Crippen molar-refractivity contribution in [1.82, 2.24) is 0 Å². The van der Waals surface area contributed by atoms with Crippen molar-refractivity contribution in [3.8, 4) is 5.75 Å². The van der Waals surface area contributed by atoms with Crippen molar-refractivity contribution in [3.63, 3.8) is 0 Å². The van der Waals surface area contributed by atoms with Gasteiger partial charge in [0.05, 0.1) is 15.7 Å². The number of carbonyl (C=O) groups is 1. The quantitative estimate of drug-likeness (QED) is 0.561. The predicted molar refractivity (Wildman–Crippen MR) is 112 cm³/mol. The molecule has 1 fully saturated rings. The lowest BCUT2D eigenvalue weighted by molar-refractivity contribution is -0.116. The molecule has 1 heterocycles. The number of hydrogen-bond acceptors (Lipinski definition) is 4. The van der Waals surface area contributed by atoms with Crippen LogP contribution in [0.2, 0.25) is 0 Å². The van der Waals surface area contributed by atoms with Gasteiger partial charge in [-0.15, -0.1) is 23.5 Å². The monoisotopic (exact) mass is 437 g/mol. The molecule has 2 aromatic rings. The summed E-state index contributed by atoms with van der Waals surface area (Å²) in [6, 6.07) is 15.9. The minimum absolute atomic E-state index is 0.0274. The molecule has 1 amide bonds. The van der Waals surface area contributed by atoms with Gasteiger partial charge < -0.3 is 10.1 Å². The summed E-state index contributed by atoms with van der Waals surface area (Å²) in [5, 5.41) is 2.99. The van der Waals surface area contributed by atoms with Crippen molar-refractivity contribution < 1.29 is 9.53 Å². The summed E-state index contributed by atoms with van der Waals surface area (Å²) >= 11 is 7.39. The lowest BCUT2D eigenvalue weighted by Crippen LogP contribution is -2.13. The second kappa shape index (κ2) is 9.55. The van der Waals surface area contributed by atoms with Gasteiger partial charge in [-0.25, -0.2) is 0 Å². The second-order valence-corrected chi connectivity index (χ2v) is 9.21. The number of hydrogen-bond donors (Lipinski definition) is 1. The maximum atomic E-state index is 12.1. The molecule has 3 rings (SSSR count). The highest BCUT2D eigenvalue weighted by molar-refractivity contribution is 9.10. The maximum absolute atomic E-state index is 12.1. The zero-order chi connectivity index (χ0) is 17.5. The van der Waals surface area contributed by atoms with Gasteiger partial charge in [0.2, 0.25) is 5.91 Å². The third kappa shape index (κ3) is 5.69. The first-order valence-corrected chi connectivity index (χ1v) is 11.1. The predicted octanol–water partition coefficient (Wildman–Crippen LogP) is 5.73. The van der Waals surface area contributed by atoms with Crippen molar-refractivity contribution in [1.29, 1.82) is 0 Å². The summed E-state index contributed by atoms with van der Waals surface area (Å²) in [6.07, 6.45) is 1.13. The summed E-state index contributed by atoms with van der Waals surface area (Å²) in [7, 11) is 0. The number of carbonyl (C=O) groups excluding carboxylic acids is 1. The van der Waals surface area contributed by atoms with Crippen LogP contribution in [0.4, 0.5) is 5.69 Å². The number of amides is 1. The number of ether oxygens (including phenoxy) is 1. The zero-order valence-electron chi connectivity index (χ0n) is 13.7. The van der Waals surface area contributed by atoms with Crippen LogP contribution in [0.1, 0.15) is 23.0 Å². The van der Waals surface area contributed by atoms with Crippen molar-refractivity contribution in [2.75, 3.05) is 23.4 Å². The summed E-state index contributed by atoms with van der Waals surface area (Å²) in [5.74, 6) is 3.23. The molecule has 132 valence electrons. The minimum Gasteiger partial charge on any atom is -0.492 e. The molecule has 0 radical (unpaired) electrons. The molecule has 1 aliphatic heterocycles. The van der Waals surface area contributed by atoms with Crippen LogP contribution in [-0.2, 0) is 4.79 Å². The zero-order valence-corrected chi connectivity index (χ0v) is 17.0. The maximum Gasteiger partial charge on any atom is 0.224 e. The molecule has 0 spiro atoms. The highest BCUT2D eigenvalue weighted by Gasteiger charge is 2.18. The lowest BCUT2D eigenvalue weighted by atomic mass is 10.2. The fourth-order valence-electron chi connectivity index (χ4n) is 2.51. The minimum atomic E-state index is 0.0274. The van der Waals surface area contributed by atoms with Gasteiger partial charge in [0, 0.05) is 23.6 Å². The first-order chi connectivity index (χ1) is 12.2. The number of halogens is 1. The summed E-state index contributed by atoms with van der Waals surface area (Å²) in [5.41, 5.74) is 2.16. The van der Waals surface area contributed by atoms with Crippen molar-refractivity contribution in [2.45, 2.75) is 17.4 Å². The Hall–Kier alpha value is -1.11. The normalized spacial score (nSPS) is 14.4. The average molecular weight is 438 g/mol. The van der Waals surface area contributed by atoms with E-state index in [-0.39, 0.29) is 5.91 Å². The highest BCUT2D eigenvalue weighted by Crippen LogP contribution is 2.45. The van der Waals surface area contributed by atoms with Crippen LogP contribution >= 0.6 is 39.5 Å². The molecule has 1 aliphatic rings. The molecule has 0 aliphatic carbocycles. The molecule has 1 saturated heterocycles. The number of thioether (sulfide) groups is 2. The number of rotatable bonds is 7. The Balaban J connectivity index is 1.43. The fourth-order valence-corrected chi connectivity index (χ4v) is 5.75. The topological polar surface area (TPSA) is 38.3 Å². The molecule has 0 unspecified atom stereocenters. The summed E-state index contributed by atoms with van der Waals surface area (Å²) in [4.78, 5) is 12.1. The molecule has 25 heavy (non-hydrogen) atoms. The lowest BCUT2D eigenvalue weighted by Gasteiger charge is -2.11. The Labute approximate surface area is 165 Å². The van der Waals surface area contributed by atoms with Crippen molar-refractivity contribution >= 4 is 51.0 Å². The highest BCUT2D eigenvalue weighted by atomic mass is 79.9. The fraction of sp³-hybridized carbons (Fsp3) is 0.316. The van der Waals surface area contributed by atoms with Gasteiger partial charge >= 0.3 is 0 Å². The second-order valence-electron chi connectivity index (χ2n) is 5.63. The molecule has 1 N–H and O–H groups in total. The third-order valence-electron chi connectivity index (χ3n) is 3.71. The molecule has 0 aromatic heterocycles. The number of nitrogens with one attached hydrogen (secondary N) is 1. The van der Waals surface area contributed by atoms with Crippen LogP contribution in [0, 0.1) is 0 Å². The van der Waals surface area contributed by atoms with Gasteiger partial charge in [0.25, 0.3) is 0 Å². The molecule has 0 atom stereocenters. The van der Waals surface area contributed by atoms with E-state index in [0.717, 1.165) is 15.9 Å². The number of anilines is 1. The number of para-hydroxylation sites is 1. The molecule has 2 aromatic carbocycles. The van der Waals surface area contributed by atoms with E-state index in [1.54, 1.807) is 0 Å². The van der Waals surface area contributed by atoms with Crippen LogP contribution in [-0.4, -0.2) is 24.0 Å². The smallest absolute Gasteiger partial charge is 0.224 e. The molecular formula is C19H20BrNO2S2. The van der Waals surface area contributed by atoms with E-state index in [1.807, 2.05) is 59.9 Å². The Morgan fingerprint density at radius 2 is 1.96 bits per heavy atom. The third-order valence-corrected chi connectivity index (χ3v) is 7.47. The van der Waals surface area contributed by atoms with Gasteiger partial charge in [-0.2, -0.15) is 0 Å². The first-order valence-electron chi connectivity index (χ1n) is 8.23. The van der Waals surface area contributed by atoms with E-state index < -0.39 is 0 Å². The standard InChI is InChI=1S/C19H20BrNO2S2/c20-16-7-1-2-8-17(16)23-10-4-9-18(22)21-15-6-3-5-14(13-15)19-24-11-12-25-19/h1-3,5-8,13,19H,4,9-12H2,(H,21,22). The Bertz CT molecular complexity index is 720. The van der Waals surface area contributed by atoms with Crippen molar-refractivity contribution in [2.24, 2.45) is 0 Å².